The molecule has 2 heterocycles. The minimum atomic E-state index is 0.312. The normalized spacial score (nSPS) is 22.2. The number of fused-ring (bicyclic) bond motifs is 5. The van der Waals surface area contributed by atoms with Gasteiger partial charge in [-0.05, 0) is 84.8 Å². The van der Waals surface area contributed by atoms with Gasteiger partial charge < -0.3 is 4.90 Å². The van der Waals surface area contributed by atoms with Gasteiger partial charge in [0.2, 0.25) is 0 Å². The molecule has 1 saturated heterocycles. The highest BCUT2D eigenvalue weighted by atomic mass is 16.1. The Morgan fingerprint density at radius 3 is 2.67 bits per heavy atom. The van der Waals surface area contributed by atoms with Crippen LogP contribution in [-0.4, -0.2) is 36.0 Å². The summed E-state index contributed by atoms with van der Waals surface area (Å²) < 4.78 is 0. The van der Waals surface area contributed by atoms with Crippen molar-refractivity contribution >= 4 is 11.5 Å². The van der Waals surface area contributed by atoms with E-state index in [9.17, 15) is 4.79 Å². The fraction of sp³-hybridized carbons (Fsp3) is 0.407. The van der Waals surface area contributed by atoms with Gasteiger partial charge in [-0.1, -0.05) is 36.8 Å². The van der Waals surface area contributed by atoms with Crippen LogP contribution in [0.3, 0.4) is 0 Å². The number of ketones is 1. The van der Waals surface area contributed by atoms with E-state index >= 15 is 0 Å². The first-order valence-electron chi connectivity index (χ1n) is 11.6. The molecule has 3 heteroatoms. The number of likely N-dealkylation sites (tertiary alicyclic amines) is 1. The van der Waals surface area contributed by atoms with Crippen LogP contribution in [0.4, 0.5) is 0 Å². The summed E-state index contributed by atoms with van der Waals surface area (Å²) in [6, 6.07) is 11.3. The van der Waals surface area contributed by atoms with Gasteiger partial charge in [0.05, 0.1) is 5.71 Å². The van der Waals surface area contributed by atoms with E-state index in [1.807, 2.05) is 6.20 Å². The van der Waals surface area contributed by atoms with Crippen molar-refractivity contribution in [2.24, 2.45) is 4.99 Å². The van der Waals surface area contributed by atoms with Crippen LogP contribution in [0, 0.1) is 0 Å². The summed E-state index contributed by atoms with van der Waals surface area (Å²) in [4.78, 5) is 19.6. The fourth-order valence-electron chi connectivity index (χ4n) is 5.95. The third-order valence-electron chi connectivity index (χ3n) is 7.48. The van der Waals surface area contributed by atoms with Crippen LogP contribution in [0.5, 0.6) is 0 Å². The van der Waals surface area contributed by atoms with E-state index in [-0.39, 0.29) is 0 Å². The molecule has 152 valence electrons. The zero-order valence-electron chi connectivity index (χ0n) is 17.5. The fourth-order valence-corrected chi connectivity index (χ4v) is 5.95. The van der Waals surface area contributed by atoms with E-state index in [1.165, 1.54) is 65.7 Å². The molecule has 0 aromatic heterocycles. The number of carbonyl (C=O) groups excluding carboxylic acids is 1. The Bertz CT molecular complexity index is 1090. The maximum atomic E-state index is 12.4. The summed E-state index contributed by atoms with van der Waals surface area (Å²) in [6.07, 6.45) is 11.7. The summed E-state index contributed by atoms with van der Waals surface area (Å²) in [6.45, 7) is 3.66. The lowest BCUT2D eigenvalue weighted by Crippen LogP contribution is -2.31. The van der Waals surface area contributed by atoms with Gasteiger partial charge in [-0.25, -0.2) is 0 Å². The summed E-state index contributed by atoms with van der Waals surface area (Å²) in [5.41, 5.74) is 10.2. The van der Waals surface area contributed by atoms with Crippen molar-refractivity contribution in [3.05, 3.63) is 70.4 Å². The van der Waals surface area contributed by atoms with Crippen LogP contribution in [0.2, 0.25) is 0 Å². The first-order valence-corrected chi connectivity index (χ1v) is 11.6. The second-order valence-corrected chi connectivity index (χ2v) is 9.19. The molecular formula is C27H28N2O. The summed E-state index contributed by atoms with van der Waals surface area (Å²) in [7, 11) is 0. The number of Topliss-reactive ketones (excluding diaryl/α,β-unsaturated/α-hetero) is 1. The summed E-state index contributed by atoms with van der Waals surface area (Å²) in [5.74, 6) is 0.752. The van der Waals surface area contributed by atoms with Crippen LogP contribution in [-0.2, 0) is 6.42 Å². The molecule has 4 aliphatic rings. The SMILES string of the molecule is O=C1CCc2c1ccc1c2-c2cc(C3=NC=CC3)ccc2C1CCN1CCCCC1. The van der Waals surface area contributed by atoms with Crippen molar-refractivity contribution in [1.82, 2.24) is 4.90 Å². The van der Waals surface area contributed by atoms with Crippen LogP contribution in [0.1, 0.15) is 77.1 Å². The molecule has 3 nitrogen and oxygen atoms in total. The van der Waals surface area contributed by atoms with Crippen molar-refractivity contribution in [2.75, 3.05) is 19.6 Å². The highest BCUT2D eigenvalue weighted by Gasteiger charge is 2.35. The van der Waals surface area contributed by atoms with E-state index in [0.717, 1.165) is 37.1 Å². The van der Waals surface area contributed by atoms with E-state index < -0.39 is 0 Å². The molecular weight excluding hydrogens is 368 g/mol. The zero-order valence-corrected chi connectivity index (χ0v) is 17.5. The van der Waals surface area contributed by atoms with Gasteiger partial charge >= 0.3 is 0 Å². The topological polar surface area (TPSA) is 32.7 Å². The van der Waals surface area contributed by atoms with Crippen molar-refractivity contribution in [3.63, 3.8) is 0 Å². The van der Waals surface area contributed by atoms with Crippen LogP contribution in [0.25, 0.3) is 11.1 Å². The molecule has 2 aliphatic carbocycles. The Balaban J connectivity index is 1.42. The predicted octanol–water partition coefficient (Wildman–Crippen LogP) is 5.51. The Hall–Kier alpha value is -2.52. The van der Waals surface area contributed by atoms with Crippen molar-refractivity contribution in [3.8, 4) is 11.1 Å². The largest absolute Gasteiger partial charge is 0.303 e. The Labute approximate surface area is 178 Å². The number of benzene rings is 2. The van der Waals surface area contributed by atoms with E-state index in [2.05, 4.69) is 46.3 Å². The number of carbonyl (C=O) groups is 1. The number of hydrogen-bond donors (Lipinski definition) is 0. The summed E-state index contributed by atoms with van der Waals surface area (Å²) >= 11 is 0. The minimum Gasteiger partial charge on any atom is -0.303 e. The molecule has 1 unspecified atom stereocenters. The smallest absolute Gasteiger partial charge is 0.163 e. The quantitative estimate of drug-likeness (QED) is 0.683. The van der Waals surface area contributed by atoms with Gasteiger partial charge in [-0.15, -0.1) is 0 Å². The average Bonchev–Trinajstić information content (AvgIpc) is 3.51. The highest BCUT2D eigenvalue weighted by Crippen LogP contribution is 2.50. The van der Waals surface area contributed by atoms with Crippen molar-refractivity contribution in [1.29, 1.82) is 0 Å². The lowest BCUT2D eigenvalue weighted by Gasteiger charge is -2.28. The number of allylic oxidation sites excluding steroid dienone is 1. The van der Waals surface area contributed by atoms with Gasteiger partial charge in [0.25, 0.3) is 0 Å². The van der Waals surface area contributed by atoms with E-state index in [0.29, 0.717) is 18.1 Å². The van der Waals surface area contributed by atoms with Crippen LogP contribution in [0.15, 0.2) is 47.6 Å². The maximum absolute atomic E-state index is 12.4. The molecule has 2 aromatic carbocycles. The molecule has 1 fully saturated rings. The lowest BCUT2D eigenvalue weighted by atomic mass is 9.91. The maximum Gasteiger partial charge on any atom is 0.163 e. The molecule has 0 saturated carbocycles. The first-order chi connectivity index (χ1) is 14.8. The molecule has 0 N–H and O–H groups in total. The van der Waals surface area contributed by atoms with Crippen molar-refractivity contribution < 1.29 is 4.79 Å². The molecule has 30 heavy (non-hydrogen) atoms. The monoisotopic (exact) mass is 396 g/mol. The third kappa shape index (κ3) is 2.91. The second-order valence-electron chi connectivity index (χ2n) is 9.19. The van der Waals surface area contributed by atoms with Gasteiger partial charge in [0.1, 0.15) is 0 Å². The van der Waals surface area contributed by atoms with E-state index in [1.54, 1.807) is 0 Å². The molecule has 2 aromatic rings. The number of piperidine rings is 1. The molecule has 0 amide bonds. The Morgan fingerprint density at radius 2 is 1.83 bits per heavy atom. The lowest BCUT2D eigenvalue weighted by molar-refractivity contribution is 0.0994. The Morgan fingerprint density at radius 1 is 0.967 bits per heavy atom. The Kier molecular flexibility index (Phi) is 4.45. The number of aliphatic imine (C=N–C) groups is 1. The van der Waals surface area contributed by atoms with Gasteiger partial charge in [-0.2, -0.15) is 0 Å². The molecule has 2 aliphatic heterocycles. The number of hydrogen-bond acceptors (Lipinski definition) is 3. The zero-order chi connectivity index (χ0) is 20.1. The van der Waals surface area contributed by atoms with Gasteiger partial charge in [0.15, 0.2) is 5.78 Å². The predicted molar refractivity (Wildman–Crippen MR) is 122 cm³/mol. The third-order valence-corrected chi connectivity index (χ3v) is 7.48. The van der Waals surface area contributed by atoms with Crippen LogP contribution >= 0.6 is 0 Å². The molecule has 6 rings (SSSR count). The second kappa shape index (κ2) is 7.31. The first kappa shape index (κ1) is 18.3. The van der Waals surface area contributed by atoms with Crippen molar-refractivity contribution in [2.45, 2.75) is 50.9 Å². The number of nitrogens with zero attached hydrogens (tertiary/aromatic N) is 2. The average molecular weight is 397 g/mol. The molecule has 0 spiro atoms. The molecule has 0 bridgehead atoms. The minimum absolute atomic E-state index is 0.312. The van der Waals surface area contributed by atoms with E-state index in [4.69, 9.17) is 0 Å². The molecule has 1 atom stereocenters. The van der Waals surface area contributed by atoms with Crippen LogP contribution < -0.4 is 0 Å². The van der Waals surface area contributed by atoms with Gasteiger partial charge in [0, 0.05) is 30.5 Å². The summed E-state index contributed by atoms with van der Waals surface area (Å²) in [5, 5.41) is 0. The van der Waals surface area contributed by atoms with Gasteiger partial charge in [-0.3, -0.25) is 9.79 Å². The highest BCUT2D eigenvalue weighted by molar-refractivity contribution is 6.06. The molecule has 0 radical (unpaired) electrons. The number of rotatable bonds is 4. The standard InChI is InChI=1S/C27H28N2O/c30-26-11-10-23-21(26)8-9-22-20(12-16-29-14-2-1-3-15-29)19-7-6-18(17-24(19)27(22)23)25-5-4-13-28-25/h4,6-9,13,17,20H,1-3,5,10-12,14-16H2.